The van der Waals surface area contributed by atoms with E-state index in [1.165, 1.54) is 16.7 Å². The van der Waals surface area contributed by atoms with E-state index in [0.717, 1.165) is 9.54 Å². The van der Waals surface area contributed by atoms with E-state index in [4.69, 9.17) is 4.74 Å². The summed E-state index contributed by atoms with van der Waals surface area (Å²) < 4.78 is 6.40. The average molecular weight is 326 g/mol. The number of methoxy groups -OCH3 is 1. The minimum Gasteiger partial charge on any atom is -0.497 e. The van der Waals surface area contributed by atoms with E-state index >= 15 is 0 Å². The van der Waals surface area contributed by atoms with Gasteiger partial charge in [0.2, 0.25) is 0 Å². The number of rotatable bonds is 4. The summed E-state index contributed by atoms with van der Waals surface area (Å²) in [7, 11) is 3.68. The van der Waals surface area contributed by atoms with Crippen molar-refractivity contribution in [2.45, 2.75) is 13.0 Å². The highest BCUT2D eigenvalue weighted by molar-refractivity contribution is 9.11. The Morgan fingerprint density at radius 1 is 1.33 bits per heavy atom. The summed E-state index contributed by atoms with van der Waals surface area (Å²) in [4.78, 5) is 0. The molecule has 1 unspecified atom stereocenters. The Morgan fingerprint density at radius 3 is 2.61 bits per heavy atom. The van der Waals surface area contributed by atoms with Crippen LogP contribution in [0.3, 0.4) is 0 Å². The summed E-state index contributed by atoms with van der Waals surface area (Å²) in [6.07, 6.45) is 0. The van der Waals surface area contributed by atoms with Crippen LogP contribution in [0.4, 0.5) is 0 Å². The predicted molar refractivity (Wildman–Crippen MR) is 80.7 cm³/mol. The van der Waals surface area contributed by atoms with Crippen molar-refractivity contribution < 1.29 is 4.74 Å². The van der Waals surface area contributed by atoms with Crippen LogP contribution in [0, 0.1) is 6.92 Å². The van der Waals surface area contributed by atoms with Crippen molar-refractivity contribution in [2.24, 2.45) is 0 Å². The number of hydrogen-bond donors (Lipinski definition) is 1. The van der Waals surface area contributed by atoms with Crippen molar-refractivity contribution in [3.8, 4) is 5.75 Å². The molecule has 1 N–H and O–H groups in total. The Hall–Kier alpha value is -0.840. The molecule has 96 valence electrons. The van der Waals surface area contributed by atoms with Gasteiger partial charge in [0, 0.05) is 0 Å². The molecule has 2 aromatic rings. The lowest BCUT2D eigenvalue weighted by Crippen LogP contribution is -2.18. The van der Waals surface area contributed by atoms with Gasteiger partial charge in [0.05, 0.1) is 16.9 Å². The highest BCUT2D eigenvalue weighted by atomic mass is 79.9. The van der Waals surface area contributed by atoms with Crippen LogP contribution in [0.15, 0.2) is 33.4 Å². The first-order valence-electron chi connectivity index (χ1n) is 5.71. The molecular weight excluding hydrogens is 310 g/mol. The molecule has 1 atom stereocenters. The number of aryl methyl sites for hydroxylation is 1. The summed E-state index contributed by atoms with van der Waals surface area (Å²) in [6, 6.07) is 8.59. The molecule has 2 rings (SSSR count). The molecule has 4 heteroatoms. The molecule has 1 heterocycles. The van der Waals surface area contributed by atoms with Gasteiger partial charge in [-0.3, -0.25) is 0 Å². The van der Waals surface area contributed by atoms with E-state index in [9.17, 15) is 0 Å². The van der Waals surface area contributed by atoms with Gasteiger partial charge in [0.15, 0.2) is 0 Å². The minimum absolute atomic E-state index is 0.221. The van der Waals surface area contributed by atoms with Gasteiger partial charge in [-0.2, -0.15) is 0 Å². The van der Waals surface area contributed by atoms with Gasteiger partial charge in [0.25, 0.3) is 0 Å². The molecule has 0 saturated carbocycles. The van der Waals surface area contributed by atoms with Crippen LogP contribution >= 0.6 is 27.3 Å². The maximum Gasteiger partial charge on any atom is 0.119 e. The van der Waals surface area contributed by atoms with E-state index in [2.05, 4.69) is 51.7 Å². The number of ether oxygens (including phenoxy) is 1. The first kappa shape index (κ1) is 13.6. The Kier molecular flexibility index (Phi) is 4.43. The first-order chi connectivity index (χ1) is 8.65. The molecule has 0 aliphatic carbocycles. The minimum atomic E-state index is 0.221. The number of hydrogen-bond acceptors (Lipinski definition) is 3. The zero-order chi connectivity index (χ0) is 13.1. The molecule has 2 nitrogen and oxygen atoms in total. The fourth-order valence-electron chi connectivity index (χ4n) is 2.08. The second kappa shape index (κ2) is 5.87. The van der Waals surface area contributed by atoms with Crippen LogP contribution in [0.5, 0.6) is 5.75 Å². The van der Waals surface area contributed by atoms with Gasteiger partial charge in [-0.15, -0.1) is 11.3 Å². The first-order valence-corrected chi connectivity index (χ1v) is 7.38. The lowest BCUT2D eigenvalue weighted by Gasteiger charge is -2.18. The summed E-state index contributed by atoms with van der Waals surface area (Å²) in [5.41, 5.74) is 3.79. The molecule has 0 radical (unpaired) electrons. The molecule has 0 bridgehead atoms. The van der Waals surface area contributed by atoms with Crippen molar-refractivity contribution in [2.75, 3.05) is 14.2 Å². The van der Waals surface area contributed by atoms with Crippen LogP contribution < -0.4 is 10.1 Å². The fraction of sp³-hybridized carbons (Fsp3) is 0.286. The second-order valence-corrected chi connectivity index (χ2v) is 6.42. The predicted octanol–water partition coefficient (Wildman–Crippen LogP) is 4.14. The number of benzene rings is 1. The van der Waals surface area contributed by atoms with Crippen LogP contribution in [0.2, 0.25) is 0 Å². The third-order valence-corrected chi connectivity index (χ3v) is 4.52. The Labute approximate surface area is 120 Å². The Bertz CT molecular complexity index is 538. The van der Waals surface area contributed by atoms with E-state index in [1.54, 1.807) is 18.4 Å². The van der Waals surface area contributed by atoms with Crippen molar-refractivity contribution in [1.82, 2.24) is 5.32 Å². The van der Waals surface area contributed by atoms with Gasteiger partial charge in [0.1, 0.15) is 5.75 Å². The van der Waals surface area contributed by atoms with E-state index in [-0.39, 0.29) is 6.04 Å². The molecule has 0 amide bonds. The highest BCUT2D eigenvalue weighted by Gasteiger charge is 2.15. The van der Waals surface area contributed by atoms with Crippen molar-refractivity contribution in [1.29, 1.82) is 0 Å². The molecule has 0 aliphatic rings. The molecule has 0 aliphatic heterocycles. The summed E-state index contributed by atoms with van der Waals surface area (Å²) in [5.74, 6) is 0.901. The van der Waals surface area contributed by atoms with Gasteiger partial charge in [-0.25, -0.2) is 0 Å². The van der Waals surface area contributed by atoms with E-state index < -0.39 is 0 Å². The maximum absolute atomic E-state index is 5.25. The normalized spacial score (nSPS) is 12.4. The zero-order valence-corrected chi connectivity index (χ0v) is 13.1. The Morgan fingerprint density at radius 2 is 2.11 bits per heavy atom. The lowest BCUT2D eigenvalue weighted by atomic mass is 9.97. The van der Waals surface area contributed by atoms with Crippen molar-refractivity contribution >= 4 is 27.3 Å². The molecule has 1 aromatic heterocycles. The van der Waals surface area contributed by atoms with Crippen LogP contribution in [-0.2, 0) is 0 Å². The van der Waals surface area contributed by atoms with Crippen LogP contribution in [-0.4, -0.2) is 14.2 Å². The average Bonchev–Trinajstić information content (AvgIpc) is 2.78. The number of thiophene rings is 1. The largest absolute Gasteiger partial charge is 0.497 e. The molecule has 18 heavy (non-hydrogen) atoms. The standard InChI is InChI=1S/C14H16BrNOS/c1-9-6-11(17-3)4-5-12(9)14(16-2)10-7-13(15)18-8-10/h4-8,14,16H,1-3H3. The lowest BCUT2D eigenvalue weighted by molar-refractivity contribution is 0.414. The van der Waals surface area contributed by atoms with Crippen LogP contribution in [0.25, 0.3) is 0 Å². The molecule has 1 aromatic carbocycles. The second-order valence-electron chi connectivity index (χ2n) is 4.13. The SMILES string of the molecule is CNC(c1csc(Br)c1)c1ccc(OC)cc1C. The summed E-state index contributed by atoms with van der Waals surface area (Å²) >= 11 is 5.22. The smallest absolute Gasteiger partial charge is 0.119 e. The van der Waals surface area contributed by atoms with Crippen molar-refractivity contribution in [3.05, 3.63) is 50.1 Å². The molecule has 0 saturated heterocycles. The molecule has 0 spiro atoms. The third-order valence-electron chi connectivity index (χ3n) is 3.00. The monoisotopic (exact) mass is 325 g/mol. The zero-order valence-electron chi connectivity index (χ0n) is 10.7. The van der Waals surface area contributed by atoms with Gasteiger partial charge in [-0.1, -0.05) is 6.07 Å². The fourth-order valence-corrected chi connectivity index (χ4v) is 3.28. The highest BCUT2D eigenvalue weighted by Crippen LogP contribution is 2.31. The topological polar surface area (TPSA) is 21.3 Å². The molecule has 0 fully saturated rings. The van der Waals surface area contributed by atoms with Gasteiger partial charge < -0.3 is 10.1 Å². The van der Waals surface area contributed by atoms with Gasteiger partial charge >= 0.3 is 0 Å². The van der Waals surface area contributed by atoms with E-state index in [0.29, 0.717) is 0 Å². The third kappa shape index (κ3) is 2.76. The summed E-state index contributed by atoms with van der Waals surface area (Å²) in [5, 5.41) is 5.55. The number of halogens is 1. The summed E-state index contributed by atoms with van der Waals surface area (Å²) in [6.45, 7) is 2.11. The van der Waals surface area contributed by atoms with Crippen LogP contribution in [0.1, 0.15) is 22.7 Å². The van der Waals surface area contributed by atoms with Gasteiger partial charge in [-0.05, 0) is 70.2 Å². The quantitative estimate of drug-likeness (QED) is 0.912. The maximum atomic E-state index is 5.25. The number of nitrogens with one attached hydrogen (secondary N) is 1. The van der Waals surface area contributed by atoms with Crippen molar-refractivity contribution in [3.63, 3.8) is 0 Å². The molecular formula is C14H16BrNOS. The van der Waals surface area contributed by atoms with E-state index in [1.807, 2.05) is 13.1 Å². The Balaban J connectivity index is 2.39.